The van der Waals surface area contributed by atoms with Gasteiger partial charge in [0.25, 0.3) is 0 Å². The van der Waals surface area contributed by atoms with Crippen LogP contribution in [-0.4, -0.2) is 19.5 Å². The van der Waals surface area contributed by atoms with Crippen molar-refractivity contribution in [3.8, 4) is 84.4 Å². The second-order valence-corrected chi connectivity index (χ2v) is 17.3. The minimum atomic E-state index is -0.147. The van der Waals surface area contributed by atoms with Gasteiger partial charge in [0.05, 0.1) is 16.7 Å². The zero-order chi connectivity index (χ0) is 42.8. The minimum absolute atomic E-state index is 0.147. The Labute approximate surface area is 372 Å². The van der Waals surface area contributed by atoms with Crippen LogP contribution in [0.5, 0.6) is 0 Å². The molecule has 3 heterocycles. The molecule has 1 aliphatic heterocycles. The van der Waals surface area contributed by atoms with Crippen LogP contribution in [0.3, 0.4) is 0 Å². The highest BCUT2D eigenvalue weighted by atomic mass is 15.0. The molecule has 64 heavy (non-hydrogen) atoms. The van der Waals surface area contributed by atoms with Gasteiger partial charge in [-0.15, -0.1) is 0 Å². The molecule has 0 atom stereocenters. The molecule has 1 aliphatic rings. The summed E-state index contributed by atoms with van der Waals surface area (Å²) >= 11 is 0. The van der Waals surface area contributed by atoms with Crippen molar-refractivity contribution in [3.05, 3.63) is 230 Å². The zero-order valence-corrected chi connectivity index (χ0v) is 35.6. The third-order valence-corrected chi connectivity index (χ3v) is 13.0. The van der Waals surface area contributed by atoms with Crippen LogP contribution in [0, 0.1) is 0 Å². The molecule has 0 radical (unpaired) electrons. The number of nitrogens with zero attached hydrogens (tertiary/aromatic N) is 4. The summed E-state index contributed by atoms with van der Waals surface area (Å²) in [5, 5.41) is 2.59. The lowest BCUT2D eigenvalue weighted by Crippen LogP contribution is -2.26. The van der Waals surface area contributed by atoms with E-state index in [9.17, 15) is 0 Å². The highest BCUT2D eigenvalue weighted by Crippen LogP contribution is 2.49. The molecule has 2 aromatic heterocycles. The van der Waals surface area contributed by atoms with E-state index < -0.39 is 0 Å². The summed E-state index contributed by atoms with van der Waals surface area (Å²) in [7, 11) is 0. The lowest BCUT2D eigenvalue weighted by Gasteiger charge is -2.35. The monoisotopic (exact) mass is 818 g/mol. The molecule has 4 heteroatoms. The van der Waals surface area contributed by atoms with Gasteiger partial charge in [-0.05, 0) is 92.0 Å². The Morgan fingerprint density at radius 1 is 0.312 bits per heavy atom. The molecule has 0 bridgehead atoms. The number of rotatable bonds is 7. The Bertz CT molecular complexity index is 3490. The second kappa shape index (κ2) is 15.0. The fourth-order valence-corrected chi connectivity index (χ4v) is 9.69. The van der Waals surface area contributed by atoms with Gasteiger partial charge in [-0.25, -0.2) is 15.0 Å². The molecule has 0 saturated carbocycles. The lowest BCUT2D eigenvalue weighted by atomic mass is 9.74. The van der Waals surface area contributed by atoms with Gasteiger partial charge >= 0.3 is 0 Å². The van der Waals surface area contributed by atoms with E-state index >= 15 is 0 Å². The number of benzene rings is 9. The predicted molar refractivity (Wildman–Crippen MR) is 264 cm³/mol. The summed E-state index contributed by atoms with van der Waals surface area (Å²) in [6.07, 6.45) is 0. The van der Waals surface area contributed by atoms with Gasteiger partial charge in [-0.3, -0.25) is 0 Å². The summed E-state index contributed by atoms with van der Waals surface area (Å²) in [5.74, 6) is 1.95. The van der Waals surface area contributed by atoms with E-state index in [-0.39, 0.29) is 5.41 Å². The first kappa shape index (κ1) is 37.5. The van der Waals surface area contributed by atoms with Crippen LogP contribution in [0.2, 0.25) is 0 Å². The lowest BCUT2D eigenvalue weighted by molar-refractivity contribution is 0.630. The summed E-state index contributed by atoms with van der Waals surface area (Å²) in [5.41, 5.74) is 18.7. The minimum Gasteiger partial charge on any atom is -0.309 e. The van der Waals surface area contributed by atoms with E-state index in [1.165, 1.54) is 72.0 Å². The van der Waals surface area contributed by atoms with E-state index in [2.05, 4.69) is 176 Å². The largest absolute Gasteiger partial charge is 0.309 e. The van der Waals surface area contributed by atoms with Crippen LogP contribution in [-0.2, 0) is 5.41 Å². The first-order valence-corrected chi connectivity index (χ1v) is 21.9. The van der Waals surface area contributed by atoms with E-state index in [1.807, 2.05) is 60.7 Å². The summed E-state index contributed by atoms with van der Waals surface area (Å²) in [6.45, 7) is 4.74. The average Bonchev–Trinajstić information content (AvgIpc) is 3.70. The van der Waals surface area contributed by atoms with Crippen molar-refractivity contribution in [1.82, 2.24) is 19.5 Å². The highest BCUT2D eigenvalue weighted by Gasteiger charge is 2.35. The normalized spacial score (nSPS) is 12.7. The summed E-state index contributed by atoms with van der Waals surface area (Å²) < 4.78 is 2.48. The zero-order valence-electron chi connectivity index (χ0n) is 35.6. The molecule has 0 fully saturated rings. The van der Waals surface area contributed by atoms with Crippen LogP contribution >= 0.6 is 0 Å². The van der Waals surface area contributed by atoms with Crippen LogP contribution in [0.15, 0.2) is 218 Å². The maximum Gasteiger partial charge on any atom is 0.164 e. The van der Waals surface area contributed by atoms with Crippen LogP contribution in [0.25, 0.3) is 106 Å². The molecule has 0 amide bonds. The van der Waals surface area contributed by atoms with E-state index in [1.54, 1.807) is 0 Å². The molecule has 0 saturated heterocycles. The Balaban J connectivity index is 0.840. The topological polar surface area (TPSA) is 43.6 Å². The van der Waals surface area contributed by atoms with Gasteiger partial charge in [0.15, 0.2) is 17.5 Å². The quantitative estimate of drug-likeness (QED) is 0.161. The predicted octanol–water partition coefficient (Wildman–Crippen LogP) is 15.3. The van der Waals surface area contributed by atoms with Crippen LogP contribution < -0.4 is 0 Å². The summed E-state index contributed by atoms with van der Waals surface area (Å²) in [6, 6.07) is 78.0. The number of fused-ring (bicyclic) bond motifs is 5. The van der Waals surface area contributed by atoms with Crippen molar-refractivity contribution in [2.75, 3.05) is 0 Å². The van der Waals surface area contributed by atoms with Gasteiger partial charge in [0.2, 0.25) is 0 Å². The Kier molecular flexibility index (Phi) is 8.80. The van der Waals surface area contributed by atoms with Gasteiger partial charge < -0.3 is 4.57 Å². The molecule has 0 N–H and O–H groups in total. The van der Waals surface area contributed by atoms with Gasteiger partial charge in [0, 0.05) is 32.9 Å². The van der Waals surface area contributed by atoms with Crippen molar-refractivity contribution in [3.63, 3.8) is 0 Å². The van der Waals surface area contributed by atoms with Gasteiger partial charge in [-0.1, -0.05) is 196 Å². The Morgan fingerprint density at radius 3 is 1.30 bits per heavy atom. The van der Waals surface area contributed by atoms with Crippen molar-refractivity contribution in [2.24, 2.45) is 0 Å². The van der Waals surface area contributed by atoms with Crippen molar-refractivity contribution in [1.29, 1.82) is 0 Å². The van der Waals surface area contributed by atoms with E-state index in [4.69, 9.17) is 15.0 Å². The third-order valence-electron chi connectivity index (χ3n) is 13.0. The number of hydrogen-bond acceptors (Lipinski definition) is 3. The maximum absolute atomic E-state index is 4.93. The summed E-state index contributed by atoms with van der Waals surface area (Å²) in [4.78, 5) is 14.7. The van der Waals surface area contributed by atoms with Gasteiger partial charge in [0.1, 0.15) is 0 Å². The molecule has 12 rings (SSSR count). The molecule has 0 aliphatic carbocycles. The number of para-hydroxylation sites is 2. The van der Waals surface area contributed by atoms with Crippen molar-refractivity contribution < 1.29 is 0 Å². The first-order chi connectivity index (χ1) is 31.5. The standard InChI is InChI=1S/C60H42N4/c1-60(2)52-24-10-12-26-55(52)64-54-25-11-9-23-50(54)51-37-49(38-53(60)56(51)64)41-29-27-39(28-30-41)45-19-13-21-47(35-45)48-22-14-20-46(36-48)40-31-33-44(34-32-40)59-62-57(42-15-5-3-6-16-42)61-58(63-59)43-17-7-4-8-18-43/h3-38H,1-2H3. The molecule has 9 aromatic carbocycles. The molecular weight excluding hydrogens is 777 g/mol. The SMILES string of the molecule is CC1(C)c2ccccc2-n2c3ccccc3c3cc(-c4ccc(-c5cccc(-c6cccc(-c7ccc(-c8nc(-c9ccccc9)nc(-c9ccccc9)n8)cc7)c6)c5)cc4)cc1c32. The van der Waals surface area contributed by atoms with Crippen LogP contribution in [0.1, 0.15) is 25.0 Å². The maximum atomic E-state index is 4.93. The average molecular weight is 819 g/mol. The highest BCUT2D eigenvalue weighted by molar-refractivity contribution is 6.13. The molecular formula is C60H42N4. The fraction of sp³-hybridized carbons (Fsp3) is 0.0500. The van der Waals surface area contributed by atoms with E-state index in [0.29, 0.717) is 17.5 Å². The second-order valence-electron chi connectivity index (χ2n) is 17.3. The van der Waals surface area contributed by atoms with Gasteiger partial charge in [-0.2, -0.15) is 0 Å². The third kappa shape index (κ3) is 6.34. The Hall–Kier alpha value is -8.21. The van der Waals surface area contributed by atoms with Crippen LogP contribution in [0.4, 0.5) is 0 Å². The Morgan fingerprint density at radius 2 is 0.734 bits per heavy atom. The number of hydrogen-bond donors (Lipinski definition) is 0. The van der Waals surface area contributed by atoms with Crippen molar-refractivity contribution >= 4 is 21.8 Å². The number of aromatic nitrogens is 4. The molecule has 302 valence electrons. The molecule has 11 aromatic rings. The molecule has 4 nitrogen and oxygen atoms in total. The first-order valence-electron chi connectivity index (χ1n) is 21.9. The fourth-order valence-electron chi connectivity index (χ4n) is 9.69. The molecule has 0 spiro atoms. The smallest absolute Gasteiger partial charge is 0.164 e. The van der Waals surface area contributed by atoms with E-state index in [0.717, 1.165) is 27.8 Å². The molecule has 0 unspecified atom stereocenters. The van der Waals surface area contributed by atoms with Crippen molar-refractivity contribution in [2.45, 2.75) is 19.3 Å².